The van der Waals surface area contributed by atoms with Crippen LogP contribution in [0.4, 0.5) is 0 Å². The number of amides is 2. The number of nitrogens with one attached hydrogen (secondary N) is 1. The van der Waals surface area contributed by atoms with E-state index in [1.807, 2.05) is 37.3 Å². The molecule has 21 heavy (non-hydrogen) atoms. The van der Waals surface area contributed by atoms with Gasteiger partial charge >= 0.3 is 0 Å². The number of carbonyl (C=O) groups is 2. The molecule has 116 valence electrons. The third-order valence-electron chi connectivity index (χ3n) is 3.77. The van der Waals surface area contributed by atoms with Crippen LogP contribution in [0.25, 0.3) is 0 Å². The van der Waals surface area contributed by atoms with Crippen molar-refractivity contribution in [1.82, 2.24) is 10.2 Å². The molecule has 5 nitrogen and oxygen atoms in total. The molecule has 1 aliphatic heterocycles. The van der Waals surface area contributed by atoms with Crippen molar-refractivity contribution in [3.63, 3.8) is 0 Å². The van der Waals surface area contributed by atoms with Gasteiger partial charge in [0, 0.05) is 6.54 Å². The van der Waals surface area contributed by atoms with Gasteiger partial charge < -0.3 is 16.0 Å². The number of halogens is 1. The van der Waals surface area contributed by atoms with Crippen molar-refractivity contribution >= 4 is 24.2 Å². The number of hydrogen-bond acceptors (Lipinski definition) is 3. The van der Waals surface area contributed by atoms with Gasteiger partial charge in [-0.1, -0.05) is 30.3 Å². The highest BCUT2D eigenvalue weighted by Gasteiger charge is 2.31. The summed E-state index contributed by atoms with van der Waals surface area (Å²) in [5.41, 5.74) is 6.30. The molecular formula is C15H22ClN3O2. The molecule has 0 aliphatic carbocycles. The van der Waals surface area contributed by atoms with Gasteiger partial charge in [0.1, 0.15) is 0 Å². The third-order valence-corrected chi connectivity index (χ3v) is 3.77. The van der Waals surface area contributed by atoms with Gasteiger partial charge in [-0.25, -0.2) is 0 Å². The number of benzene rings is 1. The van der Waals surface area contributed by atoms with Crippen molar-refractivity contribution in [2.24, 2.45) is 11.7 Å². The first-order valence-electron chi connectivity index (χ1n) is 6.94. The number of nitrogens with two attached hydrogens (primary N) is 1. The summed E-state index contributed by atoms with van der Waals surface area (Å²) >= 11 is 0. The lowest BCUT2D eigenvalue weighted by molar-refractivity contribution is -0.140. The van der Waals surface area contributed by atoms with Gasteiger partial charge in [0.05, 0.1) is 18.5 Å². The maximum absolute atomic E-state index is 12.6. The van der Waals surface area contributed by atoms with Gasteiger partial charge in [0.15, 0.2) is 0 Å². The van der Waals surface area contributed by atoms with Crippen molar-refractivity contribution in [3.05, 3.63) is 35.9 Å². The first kappa shape index (κ1) is 17.5. The molecule has 1 fully saturated rings. The number of nitrogens with zero attached hydrogens (tertiary/aromatic N) is 1. The fourth-order valence-electron chi connectivity index (χ4n) is 2.59. The van der Waals surface area contributed by atoms with Gasteiger partial charge in [0.25, 0.3) is 0 Å². The van der Waals surface area contributed by atoms with Crippen LogP contribution >= 0.6 is 12.4 Å². The summed E-state index contributed by atoms with van der Waals surface area (Å²) in [7, 11) is 0. The Hall–Kier alpha value is -1.59. The van der Waals surface area contributed by atoms with Crippen molar-refractivity contribution in [1.29, 1.82) is 0 Å². The molecule has 1 aromatic rings. The molecule has 3 N–H and O–H groups in total. The van der Waals surface area contributed by atoms with E-state index in [0.29, 0.717) is 6.54 Å². The maximum Gasteiger partial charge on any atom is 0.237 e. The van der Waals surface area contributed by atoms with Gasteiger partial charge in [-0.3, -0.25) is 9.59 Å². The summed E-state index contributed by atoms with van der Waals surface area (Å²) in [6.45, 7) is 3.42. The number of primary amides is 1. The molecular weight excluding hydrogens is 290 g/mol. The zero-order chi connectivity index (χ0) is 14.5. The Bertz CT molecular complexity index is 475. The second kappa shape index (κ2) is 8.00. The van der Waals surface area contributed by atoms with Crippen molar-refractivity contribution in [3.8, 4) is 0 Å². The second-order valence-electron chi connectivity index (χ2n) is 5.21. The second-order valence-corrected chi connectivity index (χ2v) is 5.21. The summed E-state index contributed by atoms with van der Waals surface area (Å²) in [5.74, 6) is -0.530. The minimum absolute atomic E-state index is 0. The molecule has 2 atom stereocenters. The van der Waals surface area contributed by atoms with Crippen LogP contribution in [-0.2, 0) is 9.59 Å². The van der Waals surface area contributed by atoms with E-state index < -0.39 is 5.91 Å². The Kier molecular flexibility index (Phi) is 6.65. The normalized spacial score (nSPS) is 18.6. The lowest BCUT2D eigenvalue weighted by atomic mass is 10.0. The predicted molar refractivity (Wildman–Crippen MR) is 84.0 cm³/mol. The molecule has 1 saturated heterocycles. The molecule has 2 amide bonds. The number of carbonyl (C=O) groups excluding carboxylic acids is 2. The average Bonchev–Trinajstić information content (AvgIpc) is 2.98. The van der Waals surface area contributed by atoms with Crippen LogP contribution < -0.4 is 11.1 Å². The molecule has 0 saturated carbocycles. The van der Waals surface area contributed by atoms with E-state index in [9.17, 15) is 9.59 Å². The summed E-state index contributed by atoms with van der Waals surface area (Å²) in [5, 5.41) is 3.18. The van der Waals surface area contributed by atoms with Crippen molar-refractivity contribution < 1.29 is 9.59 Å². The highest BCUT2D eigenvalue weighted by atomic mass is 35.5. The number of hydrogen-bond donors (Lipinski definition) is 2. The Balaban J connectivity index is 0.00000220. The molecule has 0 aromatic heterocycles. The van der Waals surface area contributed by atoms with Gasteiger partial charge in [-0.2, -0.15) is 0 Å². The molecule has 0 bridgehead atoms. The molecule has 1 unspecified atom stereocenters. The summed E-state index contributed by atoms with van der Waals surface area (Å²) in [6.07, 6.45) is 0.815. The fourth-order valence-corrected chi connectivity index (χ4v) is 2.59. The molecule has 0 radical (unpaired) electrons. The van der Waals surface area contributed by atoms with Crippen LogP contribution in [0.2, 0.25) is 0 Å². The Labute approximate surface area is 131 Å². The monoisotopic (exact) mass is 311 g/mol. The van der Waals surface area contributed by atoms with E-state index in [-0.39, 0.29) is 36.8 Å². The van der Waals surface area contributed by atoms with Crippen LogP contribution in [0.3, 0.4) is 0 Å². The Morgan fingerprint density at radius 3 is 2.57 bits per heavy atom. The Morgan fingerprint density at radius 2 is 2.05 bits per heavy atom. The van der Waals surface area contributed by atoms with Gasteiger partial charge in [0.2, 0.25) is 11.8 Å². The van der Waals surface area contributed by atoms with E-state index in [2.05, 4.69) is 5.32 Å². The molecule has 0 spiro atoms. The van der Waals surface area contributed by atoms with Crippen LogP contribution in [0.1, 0.15) is 24.9 Å². The SMILES string of the molecule is C[C@H](c1ccccc1)N(CC(N)=O)C(=O)C1CCNC1.Cl. The van der Waals surface area contributed by atoms with Crippen LogP contribution in [0, 0.1) is 5.92 Å². The topological polar surface area (TPSA) is 75.4 Å². The average molecular weight is 312 g/mol. The van der Waals surface area contributed by atoms with E-state index >= 15 is 0 Å². The molecule has 1 heterocycles. The Morgan fingerprint density at radius 1 is 1.38 bits per heavy atom. The minimum Gasteiger partial charge on any atom is -0.368 e. The predicted octanol–water partition coefficient (Wildman–Crippen LogP) is 1.09. The van der Waals surface area contributed by atoms with Crippen LogP contribution in [0.5, 0.6) is 0 Å². The van der Waals surface area contributed by atoms with Crippen LogP contribution in [0.15, 0.2) is 30.3 Å². The minimum atomic E-state index is -0.480. The standard InChI is InChI=1S/C15H21N3O2.ClH/c1-11(12-5-3-2-4-6-12)18(10-14(16)19)15(20)13-7-8-17-9-13;/h2-6,11,13,17H,7-10H2,1H3,(H2,16,19);1H/t11-,13?;/m1./s1. The zero-order valence-electron chi connectivity index (χ0n) is 12.1. The molecule has 1 aromatic carbocycles. The highest BCUT2D eigenvalue weighted by molar-refractivity contribution is 5.86. The lowest BCUT2D eigenvalue weighted by Gasteiger charge is -2.30. The van der Waals surface area contributed by atoms with E-state index in [1.54, 1.807) is 4.90 Å². The highest BCUT2D eigenvalue weighted by Crippen LogP contribution is 2.23. The van der Waals surface area contributed by atoms with Crippen molar-refractivity contribution in [2.45, 2.75) is 19.4 Å². The van der Waals surface area contributed by atoms with E-state index in [4.69, 9.17) is 5.73 Å². The zero-order valence-corrected chi connectivity index (χ0v) is 12.9. The van der Waals surface area contributed by atoms with Crippen molar-refractivity contribution in [2.75, 3.05) is 19.6 Å². The van der Waals surface area contributed by atoms with E-state index in [1.165, 1.54) is 0 Å². The molecule has 1 aliphatic rings. The van der Waals surface area contributed by atoms with Crippen LogP contribution in [-0.4, -0.2) is 36.3 Å². The maximum atomic E-state index is 12.6. The smallest absolute Gasteiger partial charge is 0.237 e. The first-order chi connectivity index (χ1) is 9.59. The summed E-state index contributed by atoms with van der Waals surface area (Å²) in [4.78, 5) is 25.4. The number of rotatable bonds is 5. The summed E-state index contributed by atoms with van der Waals surface area (Å²) < 4.78 is 0. The summed E-state index contributed by atoms with van der Waals surface area (Å²) in [6, 6.07) is 9.54. The largest absolute Gasteiger partial charge is 0.368 e. The van der Waals surface area contributed by atoms with Gasteiger partial charge in [-0.05, 0) is 25.5 Å². The lowest BCUT2D eigenvalue weighted by Crippen LogP contribution is -2.43. The third kappa shape index (κ3) is 4.44. The quantitative estimate of drug-likeness (QED) is 0.855. The van der Waals surface area contributed by atoms with E-state index in [0.717, 1.165) is 18.5 Å². The molecule has 6 heteroatoms. The fraction of sp³-hybridized carbons (Fsp3) is 0.467. The first-order valence-corrected chi connectivity index (χ1v) is 6.94. The molecule has 2 rings (SSSR count). The van der Waals surface area contributed by atoms with Gasteiger partial charge in [-0.15, -0.1) is 12.4 Å².